The molecule has 0 saturated carbocycles. The standard InChI is InChI=1S/C22H34BrNO3/c1-15(9-12-26-19-13-16(2)20(23)17(3)14-19)18-7-10-24(11-8-18)27-21(25)22(4,5)6/h13-15,18H,7-12H2,1-6H3/t15-/m1/s1. The van der Waals surface area contributed by atoms with Crippen molar-refractivity contribution in [2.75, 3.05) is 19.7 Å². The van der Waals surface area contributed by atoms with Crippen molar-refractivity contribution in [3.63, 3.8) is 0 Å². The molecule has 0 aliphatic carbocycles. The van der Waals surface area contributed by atoms with Crippen molar-refractivity contribution in [2.45, 2.75) is 60.8 Å². The lowest BCUT2D eigenvalue weighted by molar-refractivity contribution is -0.206. The van der Waals surface area contributed by atoms with E-state index in [0.29, 0.717) is 11.8 Å². The lowest BCUT2D eigenvalue weighted by Crippen LogP contribution is -2.40. The van der Waals surface area contributed by atoms with Crippen LogP contribution in [-0.4, -0.2) is 30.7 Å². The van der Waals surface area contributed by atoms with Crippen LogP contribution in [0.15, 0.2) is 16.6 Å². The zero-order chi connectivity index (χ0) is 20.2. The maximum absolute atomic E-state index is 12.0. The predicted octanol–water partition coefficient (Wildman–Crippen LogP) is 5.69. The zero-order valence-corrected chi connectivity index (χ0v) is 19.2. The number of rotatable bonds is 6. The van der Waals surface area contributed by atoms with Gasteiger partial charge in [-0.15, -0.1) is 5.06 Å². The first-order valence-corrected chi connectivity index (χ1v) is 10.7. The van der Waals surface area contributed by atoms with Crippen LogP contribution in [-0.2, 0) is 9.63 Å². The third kappa shape index (κ3) is 6.49. The molecule has 0 N–H and O–H groups in total. The Kier molecular flexibility index (Phi) is 7.75. The Labute approximate surface area is 172 Å². The van der Waals surface area contributed by atoms with E-state index in [9.17, 15) is 4.79 Å². The number of carbonyl (C=O) groups is 1. The second-order valence-electron chi connectivity index (χ2n) is 8.88. The van der Waals surface area contributed by atoms with Gasteiger partial charge >= 0.3 is 5.97 Å². The van der Waals surface area contributed by atoms with Crippen LogP contribution in [0.25, 0.3) is 0 Å². The summed E-state index contributed by atoms with van der Waals surface area (Å²) in [6, 6.07) is 4.17. The van der Waals surface area contributed by atoms with Crippen LogP contribution in [0.1, 0.15) is 58.1 Å². The number of hydrogen-bond acceptors (Lipinski definition) is 4. The molecule has 152 valence electrons. The molecule has 1 saturated heterocycles. The number of nitrogens with zero attached hydrogens (tertiary/aromatic N) is 1. The minimum Gasteiger partial charge on any atom is -0.494 e. The number of hydroxylamine groups is 2. The number of aryl methyl sites for hydroxylation is 2. The molecule has 1 aliphatic rings. The number of benzene rings is 1. The first kappa shape index (κ1) is 22.2. The van der Waals surface area contributed by atoms with Crippen molar-refractivity contribution in [3.05, 3.63) is 27.7 Å². The third-order valence-electron chi connectivity index (χ3n) is 5.38. The lowest BCUT2D eigenvalue weighted by Gasteiger charge is -2.34. The van der Waals surface area contributed by atoms with Crippen molar-refractivity contribution in [2.24, 2.45) is 17.3 Å². The summed E-state index contributed by atoms with van der Waals surface area (Å²) in [5.74, 6) is 2.06. The molecule has 5 heteroatoms. The van der Waals surface area contributed by atoms with E-state index in [-0.39, 0.29) is 5.97 Å². The van der Waals surface area contributed by atoms with Crippen molar-refractivity contribution in [1.82, 2.24) is 5.06 Å². The lowest BCUT2D eigenvalue weighted by atomic mass is 9.84. The number of halogens is 1. The molecule has 0 radical (unpaired) electrons. The molecule has 2 rings (SSSR count). The summed E-state index contributed by atoms with van der Waals surface area (Å²) in [4.78, 5) is 17.5. The van der Waals surface area contributed by atoms with Gasteiger partial charge in [0.15, 0.2) is 0 Å². The van der Waals surface area contributed by atoms with Crippen molar-refractivity contribution in [3.8, 4) is 5.75 Å². The highest BCUT2D eigenvalue weighted by Crippen LogP contribution is 2.29. The zero-order valence-electron chi connectivity index (χ0n) is 17.6. The molecular weight excluding hydrogens is 406 g/mol. The summed E-state index contributed by atoms with van der Waals surface area (Å²) in [7, 11) is 0. The molecule has 1 aromatic rings. The molecule has 4 nitrogen and oxygen atoms in total. The Morgan fingerprint density at radius 1 is 1.22 bits per heavy atom. The first-order valence-electron chi connectivity index (χ1n) is 9.95. The van der Waals surface area contributed by atoms with Gasteiger partial charge in [0.25, 0.3) is 0 Å². The van der Waals surface area contributed by atoms with Crippen LogP contribution in [0.5, 0.6) is 5.75 Å². The quantitative estimate of drug-likeness (QED) is 0.570. The average Bonchev–Trinajstić information content (AvgIpc) is 2.59. The largest absolute Gasteiger partial charge is 0.494 e. The maximum Gasteiger partial charge on any atom is 0.330 e. The SMILES string of the molecule is Cc1cc(OCC[C@@H](C)C2CCN(OC(=O)C(C)(C)C)CC2)cc(C)c1Br. The molecule has 1 aromatic carbocycles. The molecule has 0 unspecified atom stereocenters. The Bertz CT molecular complexity index is 622. The monoisotopic (exact) mass is 439 g/mol. The highest BCUT2D eigenvalue weighted by atomic mass is 79.9. The van der Waals surface area contributed by atoms with E-state index in [1.165, 1.54) is 11.1 Å². The minimum atomic E-state index is -0.453. The van der Waals surface area contributed by atoms with E-state index in [1.54, 1.807) is 0 Å². The maximum atomic E-state index is 12.0. The second kappa shape index (κ2) is 9.42. The highest BCUT2D eigenvalue weighted by molar-refractivity contribution is 9.10. The summed E-state index contributed by atoms with van der Waals surface area (Å²) in [6.45, 7) is 14.5. The van der Waals surface area contributed by atoms with E-state index >= 15 is 0 Å². The molecule has 0 bridgehead atoms. The smallest absolute Gasteiger partial charge is 0.330 e. The van der Waals surface area contributed by atoms with Crippen LogP contribution < -0.4 is 4.74 Å². The van der Waals surface area contributed by atoms with Gasteiger partial charge in [-0.25, -0.2) is 4.79 Å². The highest BCUT2D eigenvalue weighted by Gasteiger charge is 2.29. The molecule has 1 fully saturated rings. The van der Waals surface area contributed by atoms with Crippen LogP contribution in [0.2, 0.25) is 0 Å². The van der Waals surface area contributed by atoms with Gasteiger partial charge < -0.3 is 9.57 Å². The van der Waals surface area contributed by atoms with Gasteiger partial charge in [-0.1, -0.05) is 22.9 Å². The average molecular weight is 440 g/mol. The van der Waals surface area contributed by atoms with E-state index in [2.05, 4.69) is 48.8 Å². The van der Waals surface area contributed by atoms with Gasteiger partial charge in [0.2, 0.25) is 0 Å². The Hall–Kier alpha value is -1.07. The summed E-state index contributed by atoms with van der Waals surface area (Å²) in [6.07, 6.45) is 3.17. The summed E-state index contributed by atoms with van der Waals surface area (Å²) < 4.78 is 7.15. The second-order valence-corrected chi connectivity index (χ2v) is 9.67. The molecule has 27 heavy (non-hydrogen) atoms. The van der Waals surface area contributed by atoms with E-state index in [1.807, 2.05) is 25.8 Å². The van der Waals surface area contributed by atoms with Gasteiger partial charge in [0.1, 0.15) is 5.75 Å². The van der Waals surface area contributed by atoms with Crippen LogP contribution >= 0.6 is 15.9 Å². The first-order chi connectivity index (χ1) is 12.6. The topological polar surface area (TPSA) is 38.8 Å². The number of hydrogen-bond donors (Lipinski definition) is 0. The van der Waals surface area contributed by atoms with Gasteiger partial charge in [-0.3, -0.25) is 0 Å². The summed E-state index contributed by atoms with van der Waals surface area (Å²) in [5.41, 5.74) is 1.95. The van der Waals surface area contributed by atoms with Gasteiger partial charge in [-0.2, -0.15) is 0 Å². The van der Waals surface area contributed by atoms with Gasteiger partial charge in [-0.05, 0) is 89.0 Å². The number of carbonyl (C=O) groups excluding carboxylic acids is 1. The molecule has 0 spiro atoms. The Balaban J connectivity index is 1.73. The third-order valence-corrected chi connectivity index (χ3v) is 6.63. The molecular formula is C22H34BrNO3. The van der Waals surface area contributed by atoms with Crippen LogP contribution in [0.3, 0.4) is 0 Å². The normalized spacial score (nSPS) is 17.6. The van der Waals surface area contributed by atoms with E-state index in [4.69, 9.17) is 9.57 Å². The fourth-order valence-corrected chi connectivity index (χ4v) is 3.61. The molecule has 1 atom stereocenters. The number of piperidine rings is 1. The fraction of sp³-hybridized carbons (Fsp3) is 0.682. The summed E-state index contributed by atoms with van der Waals surface area (Å²) >= 11 is 3.60. The van der Waals surface area contributed by atoms with E-state index < -0.39 is 5.41 Å². The molecule has 1 heterocycles. The fourth-order valence-electron chi connectivity index (χ4n) is 3.38. The van der Waals surface area contributed by atoms with Crippen molar-refractivity contribution in [1.29, 1.82) is 0 Å². The van der Waals surface area contributed by atoms with E-state index in [0.717, 1.165) is 49.2 Å². The minimum absolute atomic E-state index is 0.150. The van der Waals surface area contributed by atoms with Gasteiger partial charge in [0, 0.05) is 17.6 Å². The summed E-state index contributed by atoms with van der Waals surface area (Å²) in [5, 5.41) is 1.83. The van der Waals surface area contributed by atoms with Crippen LogP contribution in [0.4, 0.5) is 0 Å². The van der Waals surface area contributed by atoms with Crippen molar-refractivity contribution >= 4 is 21.9 Å². The predicted molar refractivity (Wildman–Crippen MR) is 113 cm³/mol. The Morgan fingerprint density at radius 2 is 1.78 bits per heavy atom. The van der Waals surface area contributed by atoms with Gasteiger partial charge in [0.05, 0.1) is 12.0 Å². The molecule has 1 aliphatic heterocycles. The molecule has 0 amide bonds. The van der Waals surface area contributed by atoms with Crippen LogP contribution in [0, 0.1) is 31.1 Å². The molecule has 0 aromatic heterocycles. The van der Waals surface area contributed by atoms with Crippen molar-refractivity contribution < 1.29 is 14.4 Å². The Morgan fingerprint density at radius 3 is 2.30 bits per heavy atom. The number of ether oxygens (including phenoxy) is 1.